The van der Waals surface area contributed by atoms with Crippen molar-refractivity contribution in [1.29, 1.82) is 5.26 Å². The van der Waals surface area contributed by atoms with Crippen molar-refractivity contribution in [3.8, 4) is 5.97 Å². The Labute approximate surface area is 145 Å². The van der Waals surface area contributed by atoms with Crippen molar-refractivity contribution in [2.45, 2.75) is 13.0 Å². The molecule has 1 aromatic heterocycles. The molecule has 1 aromatic carbocycles. The van der Waals surface area contributed by atoms with Crippen molar-refractivity contribution in [1.82, 2.24) is 10.9 Å². The highest BCUT2D eigenvalue weighted by atomic mass is 35.5. The molecule has 2 radical (unpaired) electrons. The summed E-state index contributed by atoms with van der Waals surface area (Å²) >= 11 is 11.9. The SMILES string of the molecule is CC(NNC(=O)c1cc[n+]([B-]C#N)cc1)c1ccc(Cl)c(Cl)c1. The van der Waals surface area contributed by atoms with Crippen LogP contribution in [-0.2, 0) is 0 Å². The maximum Gasteiger partial charge on any atom is 0.265 e. The van der Waals surface area contributed by atoms with E-state index < -0.39 is 0 Å². The molecule has 1 amide bonds. The average molecular weight is 347 g/mol. The van der Waals surface area contributed by atoms with E-state index in [-0.39, 0.29) is 11.9 Å². The minimum atomic E-state index is -0.277. The second kappa shape index (κ2) is 7.98. The van der Waals surface area contributed by atoms with Crippen LogP contribution in [0.5, 0.6) is 0 Å². The van der Waals surface area contributed by atoms with Crippen LogP contribution in [0.2, 0.25) is 10.0 Å². The largest absolute Gasteiger partial charge is 0.461 e. The van der Waals surface area contributed by atoms with Gasteiger partial charge in [-0.1, -0.05) is 29.3 Å². The Morgan fingerprint density at radius 3 is 2.57 bits per heavy atom. The number of nitriles is 1. The lowest BCUT2D eigenvalue weighted by molar-refractivity contribution is -0.527. The minimum Gasteiger partial charge on any atom is -0.461 e. The molecule has 2 rings (SSSR count). The van der Waals surface area contributed by atoms with Gasteiger partial charge in [0.1, 0.15) is 12.4 Å². The molecule has 0 aliphatic rings. The van der Waals surface area contributed by atoms with Gasteiger partial charge in [-0.3, -0.25) is 10.2 Å². The molecule has 5 nitrogen and oxygen atoms in total. The standard InChI is InChI=1S/C15H12BCl2N4O/c1-10(12-2-3-13(17)14(18)8-12)20-21-15(23)11-4-6-22(7-5-11)16-9-19/h2-8,10,20H,1H3/q-1/p+1. The molecular formula is C15H13BCl2N4O. The number of rotatable bonds is 5. The molecular weight excluding hydrogens is 334 g/mol. The van der Waals surface area contributed by atoms with Gasteiger partial charge in [0.05, 0.1) is 15.6 Å². The third kappa shape index (κ3) is 4.70. The fourth-order valence-corrected chi connectivity index (χ4v) is 2.16. The number of benzene rings is 1. The molecule has 1 heterocycles. The Balaban J connectivity index is 1.95. The number of hydrazine groups is 1. The first kappa shape index (κ1) is 17.3. The molecule has 0 saturated heterocycles. The molecule has 23 heavy (non-hydrogen) atoms. The van der Waals surface area contributed by atoms with Crippen LogP contribution in [0.25, 0.3) is 0 Å². The zero-order valence-electron chi connectivity index (χ0n) is 12.3. The Morgan fingerprint density at radius 1 is 1.26 bits per heavy atom. The van der Waals surface area contributed by atoms with Crippen LogP contribution in [0, 0.1) is 11.2 Å². The van der Waals surface area contributed by atoms with Crippen molar-refractivity contribution in [3.05, 3.63) is 63.9 Å². The van der Waals surface area contributed by atoms with Gasteiger partial charge in [-0.25, -0.2) is 10.7 Å². The van der Waals surface area contributed by atoms with Gasteiger partial charge in [-0.15, -0.1) is 5.97 Å². The minimum absolute atomic E-state index is 0.144. The molecule has 8 heteroatoms. The number of amides is 1. The van der Waals surface area contributed by atoms with E-state index >= 15 is 0 Å². The number of carbonyl (C=O) groups excluding carboxylic acids is 1. The first-order chi connectivity index (χ1) is 11.0. The maximum atomic E-state index is 12.1. The molecule has 116 valence electrons. The Kier molecular flexibility index (Phi) is 6.00. The summed E-state index contributed by atoms with van der Waals surface area (Å²) in [4.78, 5) is 12.1. The summed E-state index contributed by atoms with van der Waals surface area (Å²) in [5, 5.41) is 9.50. The van der Waals surface area contributed by atoms with E-state index in [1.165, 1.54) is 7.41 Å². The average Bonchev–Trinajstić information content (AvgIpc) is 2.56. The van der Waals surface area contributed by atoms with Crippen molar-refractivity contribution in [2.75, 3.05) is 0 Å². The molecule has 1 atom stereocenters. The van der Waals surface area contributed by atoms with Crippen LogP contribution in [0.1, 0.15) is 28.9 Å². The second-order valence-corrected chi connectivity index (χ2v) is 5.60. The number of hydrogen-bond acceptors (Lipinski definition) is 3. The highest BCUT2D eigenvalue weighted by Gasteiger charge is 2.10. The molecule has 1 unspecified atom stereocenters. The summed E-state index contributed by atoms with van der Waals surface area (Å²) in [6.07, 6.45) is 3.25. The van der Waals surface area contributed by atoms with Gasteiger partial charge in [0.2, 0.25) is 7.41 Å². The molecule has 0 fully saturated rings. The van der Waals surface area contributed by atoms with Gasteiger partial charge in [-0.05, 0) is 24.6 Å². The van der Waals surface area contributed by atoms with E-state index in [0.717, 1.165) is 5.56 Å². The third-order valence-corrected chi connectivity index (χ3v) is 3.91. The first-order valence-corrected chi connectivity index (χ1v) is 7.51. The number of pyridine rings is 1. The van der Waals surface area contributed by atoms with Crippen LogP contribution in [0.3, 0.4) is 0 Å². The van der Waals surface area contributed by atoms with Gasteiger partial charge < -0.3 is 4.48 Å². The fourth-order valence-electron chi connectivity index (χ4n) is 1.85. The predicted molar refractivity (Wildman–Crippen MR) is 88.9 cm³/mol. The first-order valence-electron chi connectivity index (χ1n) is 6.76. The monoisotopic (exact) mass is 346 g/mol. The lowest BCUT2D eigenvalue weighted by atomic mass is 9.98. The van der Waals surface area contributed by atoms with Crippen LogP contribution in [0.4, 0.5) is 0 Å². The van der Waals surface area contributed by atoms with Gasteiger partial charge in [0, 0.05) is 18.2 Å². The normalized spacial score (nSPS) is 11.6. The van der Waals surface area contributed by atoms with E-state index in [4.69, 9.17) is 28.5 Å². The Hall–Kier alpha value is -2.07. The quantitative estimate of drug-likeness (QED) is 0.644. The molecule has 0 spiro atoms. The zero-order valence-corrected chi connectivity index (χ0v) is 13.8. The fraction of sp³-hybridized carbons (Fsp3) is 0.133. The summed E-state index contributed by atoms with van der Waals surface area (Å²) in [6.45, 7) is 1.89. The van der Waals surface area contributed by atoms with E-state index in [9.17, 15) is 4.79 Å². The van der Waals surface area contributed by atoms with Crippen molar-refractivity contribution in [2.24, 2.45) is 0 Å². The summed E-state index contributed by atoms with van der Waals surface area (Å²) in [6, 6.07) is 8.39. The smallest absolute Gasteiger partial charge is 0.265 e. The maximum absolute atomic E-state index is 12.1. The molecule has 2 aromatic rings. The highest BCUT2D eigenvalue weighted by Crippen LogP contribution is 2.25. The van der Waals surface area contributed by atoms with Gasteiger partial charge in [0.25, 0.3) is 5.91 Å². The molecule has 2 N–H and O–H groups in total. The summed E-state index contributed by atoms with van der Waals surface area (Å²) in [5.41, 5.74) is 6.92. The summed E-state index contributed by atoms with van der Waals surface area (Å²) in [5.74, 6) is 1.63. The molecule has 0 aliphatic carbocycles. The van der Waals surface area contributed by atoms with E-state index in [2.05, 4.69) is 10.9 Å². The molecule has 0 saturated carbocycles. The molecule has 0 aliphatic heterocycles. The topological polar surface area (TPSA) is 68.8 Å². The Morgan fingerprint density at radius 2 is 1.96 bits per heavy atom. The van der Waals surface area contributed by atoms with Crippen LogP contribution < -0.4 is 15.3 Å². The van der Waals surface area contributed by atoms with Crippen LogP contribution in [0.15, 0.2) is 42.7 Å². The van der Waals surface area contributed by atoms with Crippen molar-refractivity contribution >= 4 is 36.5 Å². The number of hydrogen-bond donors (Lipinski definition) is 2. The lowest BCUT2D eigenvalue weighted by Crippen LogP contribution is -2.41. The predicted octanol–water partition coefficient (Wildman–Crippen LogP) is 2.22. The van der Waals surface area contributed by atoms with Gasteiger partial charge >= 0.3 is 0 Å². The number of nitrogens with one attached hydrogen (secondary N) is 2. The van der Waals surface area contributed by atoms with Gasteiger partial charge in [-0.2, -0.15) is 0 Å². The van der Waals surface area contributed by atoms with Crippen LogP contribution in [-0.4, -0.2) is 13.3 Å². The summed E-state index contributed by atoms with van der Waals surface area (Å²) < 4.78 is 1.56. The number of aromatic nitrogens is 1. The van der Waals surface area contributed by atoms with E-state index in [0.29, 0.717) is 15.6 Å². The number of halogens is 2. The van der Waals surface area contributed by atoms with Crippen LogP contribution >= 0.6 is 23.2 Å². The molecule has 0 bridgehead atoms. The Bertz CT molecular complexity index is 746. The zero-order chi connectivity index (χ0) is 16.8. The second-order valence-electron chi connectivity index (χ2n) is 4.79. The number of nitrogens with zero attached hydrogens (tertiary/aromatic N) is 2. The van der Waals surface area contributed by atoms with E-state index in [1.54, 1.807) is 41.1 Å². The highest BCUT2D eigenvalue weighted by molar-refractivity contribution is 6.42. The third-order valence-electron chi connectivity index (χ3n) is 3.17. The van der Waals surface area contributed by atoms with Crippen molar-refractivity contribution in [3.63, 3.8) is 0 Å². The van der Waals surface area contributed by atoms with Crippen molar-refractivity contribution < 1.29 is 9.27 Å². The van der Waals surface area contributed by atoms with E-state index in [1.807, 2.05) is 19.0 Å². The summed E-state index contributed by atoms with van der Waals surface area (Å²) in [7, 11) is 1.33. The lowest BCUT2D eigenvalue weighted by Gasteiger charge is -2.16. The number of carbonyl (C=O) groups is 1. The van der Waals surface area contributed by atoms with Gasteiger partial charge in [0.15, 0.2) is 0 Å².